The van der Waals surface area contributed by atoms with E-state index in [0.717, 1.165) is 5.56 Å². The van der Waals surface area contributed by atoms with Crippen molar-refractivity contribution in [3.8, 4) is 0 Å². The van der Waals surface area contributed by atoms with E-state index in [1.165, 1.54) is 13.8 Å². The summed E-state index contributed by atoms with van der Waals surface area (Å²) in [5, 5.41) is 15.5. The van der Waals surface area contributed by atoms with E-state index in [4.69, 9.17) is 5.11 Å². The minimum atomic E-state index is -1.40. The van der Waals surface area contributed by atoms with Crippen LogP contribution in [0.25, 0.3) is 0 Å². The van der Waals surface area contributed by atoms with Crippen molar-refractivity contribution in [2.75, 3.05) is 6.54 Å². The molecule has 6 heteroatoms. The first-order chi connectivity index (χ1) is 7.84. The van der Waals surface area contributed by atoms with Gasteiger partial charge in [0.2, 0.25) is 5.91 Å². The van der Waals surface area contributed by atoms with Gasteiger partial charge in [0.05, 0.1) is 12.7 Å². The number of carbonyl (C=O) groups excluding carboxylic acids is 1. The molecule has 1 rings (SSSR count). The van der Waals surface area contributed by atoms with Gasteiger partial charge in [-0.3, -0.25) is 14.3 Å². The molecule has 94 valence electrons. The van der Waals surface area contributed by atoms with Crippen LogP contribution < -0.4 is 5.32 Å². The van der Waals surface area contributed by atoms with Crippen molar-refractivity contribution in [2.45, 2.75) is 27.3 Å². The van der Waals surface area contributed by atoms with Crippen LogP contribution in [-0.4, -0.2) is 33.3 Å². The number of carboxylic acids is 1. The second-order valence-corrected chi connectivity index (χ2v) is 4.47. The van der Waals surface area contributed by atoms with Crippen molar-refractivity contribution in [1.82, 2.24) is 15.1 Å². The van der Waals surface area contributed by atoms with Crippen molar-refractivity contribution < 1.29 is 14.7 Å². The Morgan fingerprint density at radius 1 is 1.53 bits per heavy atom. The van der Waals surface area contributed by atoms with Crippen molar-refractivity contribution in [3.05, 3.63) is 18.0 Å². The van der Waals surface area contributed by atoms with E-state index in [9.17, 15) is 9.59 Å². The van der Waals surface area contributed by atoms with Crippen molar-refractivity contribution in [1.29, 1.82) is 0 Å². The zero-order valence-electron chi connectivity index (χ0n) is 10.2. The molecule has 0 saturated carbocycles. The lowest BCUT2D eigenvalue weighted by molar-refractivity contribution is -0.153. The van der Waals surface area contributed by atoms with Gasteiger partial charge in [0.25, 0.3) is 0 Å². The van der Waals surface area contributed by atoms with Crippen LogP contribution in [-0.2, 0) is 16.1 Å². The van der Waals surface area contributed by atoms with E-state index in [-0.39, 0.29) is 0 Å². The fraction of sp³-hybridized carbons (Fsp3) is 0.545. The largest absolute Gasteiger partial charge is 0.480 e. The normalized spacial score (nSPS) is 11.2. The summed E-state index contributed by atoms with van der Waals surface area (Å²) in [7, 11) is 0. The average Bonchev–Trinajstić information content (AvgIpc) is 2.63. The second kappa shape index (κ2) is 4.99. The molecular weight excluding hydrogens is 222 g/mol. The number of aliphatic carboxylic acids is 1. The number of nitrogens with one attached hydrogen (secondary N) is 1. The minimum Gasteiger partial charge on any atom is -0.480 e. The van der Waals surface area contributed by atoms with Crippen LogP contribution in [0, 0.1) is 12.3 Å². The number of amides is 1. The Labute approximate surface area is 99.6 Å². The number of aromatic nitrogens is 2. The van der Waals surface area contributed by atoms with E-state index >= 15 is 0 Å². The van der Waals surface area contributed by atoms with Crippen molar-refractivity contribution in [2.24, 2.45) is 5.41 Å². The Kier molecular flexibility index (Phi) is 3.88. The van der Waals surface area contributed by atoms with Gasteiger partial charge in [0.1, 0.15) is 5.41 Å². The molecule has 6 nitrogen and oxygen atoms in total. The molecule has 0 aliphatic carbocycles. The van der Waals surface area contributed by atoms with Gasteiger partial charge in [-0.25, -0.2) is 0 Å². The molecule has 0 aliphatic heterocycles. The summed E-state index contributed by atoms with van der Waals surface area (Å²) in [6, 6.07) is 0. The summed E-state index contributed by atoms with van der Waals surface area (Å²) in [5.41, 5.74) is -0.359. The van der Waals surface area contributed by atoms with E-state index in [0.29, 0.717) is 13.1 Å². The van der Waals surface area contributed by atoms with Crippen LogP contribution >= 0.6 is 0 Å². The third-order valence-electron chi connectivity index (χ3n) is 2.49. The van der Waals surface area contributed by atoms with Crippen molar-refractivity contribution in [3.63, 3.8) is 0 Å². The van der Waals surface area contributed by atoms with E-state index in [1.807, 2.05) is 13.1 Å². The quantitative estimate of drug-likeness (QED) is 0.729. The van der Waals surface area contributed by atoms with Crippen molar-refractivity contribution >= 4 is 11.9 Å². The monoisotopic (exact) mass is 239 g/mol. The molecule has 1 aromatic rings. The van der Waals surface area contributed by atoms with Gasteiger partial charge >= 0.3 is 5.97 Å². The van der Waals surface area contributed by atoms with E-state index < -0.39 is 17.3 Å². The lowest BCUT2D eigenvalue weighted by Crippen LogP contribution is -2.43. The standard InChI is InChI=1S/C11H17N3O3/c1-8-6-13-14(7-8)5-4-12-9(15)11(2,3)10(16)17/h6-7H,4-5H2,1-3H3,(H,12,15)(H,16,17). The fourth-order valence-electron chi connectivity index (χ4n) is 1.19. The van der Waals surface area contributed by atoms with Gasteiger partial charge in [0.15, 0.2) is 0 Å². The molecule has 0 unspecified atom stereocenters. The Bertz CT molecular complexity index is 423. The lowest BCUT2D eigenvalue weighted by atomic mass is 9.93. The van der Waals surface area contributed by atoms with Gasteiger partial charge in [-0.2, -0.15) is 5.10 Å². The molecule has 0 fully saturated rings. The highest BCUT2D eigenvalue weighted by atomic mass is 16.4. The molecule has 1 amide bonds. The first-order valence-corrected chi connectivity index (χ1v) is 5.35. The molecule has 1 heterocycles. The summed E-state index contributed by atoms with van der Waals surface area (Å²) < 4.78 is 1.70. The highest BCUT2D eigenvalue weighted by molar-refractivity contribution is 6.00. The molecule has 0 bridgehead atoms. The van der Waals surface area contributed by atoms with Gasteiger partial charge in [-0.1, -0.05) is 0 Å². The molecule has 0 atom stereocenters. The molecule has 2 N–H and O–H groups in total. The predicted octanol–water partition coefficient (Wildman–Crippen LogP) is 0.419. The van der Waals surface area contributed by atoms with Crippen LogP contribution in [0.4, 0.5) is 0 Å². The highest BCUT2D eigenvalue weighted by Crippen LogP contribution is 2.14. The maximum Gasteiger partial charge on any atom is 0.318 e. The number of carbonyl (C=O) groups is 2. The summed E-state index contributed by atoms with van der Waals surface area (Å²) in [5.74, 6) is -1.63. The molecule has 0 spiro atoms. The summed E-state index contributed by atoms with van der Waals surface area (Å²) in [6.45, 7) is 5.56. The number of carboxylic acid groups (broad SMARTS) is 1. The maximum atomic E-state index is 11.6. The summed E-state index contributed by atoms with van der Waals surface area (Å²) in [6.07, 6.45) is 3.58. The van der Waals surface area contributed by atoms with Gasteiger partial charge in [-0.05, 0) is 26.3 Å². The zero-order chi connectivity index (χ0) is 13.1. The Balaban J connectivity index is 2.42. The Hall–Kier alpha value is -1.85. The fourth-order valence-corrected chi connectivity index (χ4v) is 1.19. The Morgan fingerprint density at radius 2 is 2.18 bits per heavy atom. The van der Waals surface area contributed by atoms with Crippen LogP contribution in [0.3, 0.4) is 0 Å². The topological polar surface area (TPSA) is 84.2 Å². The number of rotatable bonds is 5. The molecular formula is C11H17N3O3. The zero-order valence-corrected chi connectivity index (χ0v) is 10.2. The van der Waals surface area contributed by atoms with E-state index in [2.05, 4.69) is 10.4 Å². The number of hydrogen-bond acceptors (Lipinski definition) is 3. The second-order valence-electron chi connectivity index (χ2n) is 4.47. The van der Waals surface area contributed by atoms with Gasteiger partial charge in [0, 0.05) is 12.7 Å². The third-order valence-corrected chi connectivity index (χ3v) is 2.49. The van der Waals surface area contributed by atoms with Crippen LogP contribution in [0.2, 0.25) is 0 Å². The molecule has 0 saturated heterocycles. The average molecular weight is 239 g/mol. The molecule has 0 aromatic carbocycles. The molecule has 1 aromatic heterocycles. The van der Waals surface area contributed by atoms with Gasteiger partial charge < -0.3 is 10.4 Å². The van der Waals surface area contributed by atoms with Crippen LogP contribution in [0.1, 0.15) is 19.4 Å². The highest BCUT2D eigenvalue weighted by Gasteiger charge is 2.35. The minimum absolute atomic E-state index is 0.358. The number of nitrogens with zero attached hydrogens (tertiary/aromatic N) is 2. The Morgan fingerprint density at radius 3 is 2.65 bits per heavy atom. The maximum absolute atomic E-state index is 11.6. The summed E-state index contributed by atoms with van der Waals surface area (Å²) in [4.78, 5) is 22.4. The van der Waals surface area contributed by atoms with Gasteiger partial charge in [-0.15, -0.1) is 0 Å². The SMILES string of the molecule is Cc1cnn(CCNC(=O)C(C)(C)C(=O)O)c1. The lowest BCUT2D eigenvalue weighted by Gasteiger charge is -2.18. The molecule has 0 radical (unpaired) electrons. The number of aryl methyl sites for hydroxylation is 1. The van der Waals surface area contributed by atoms with Crippen LogP contribution in [0.5, 0.6) is 0 Å². The third kappa shape index (κ3) is 3.30. The number of hydrogen-bond donors (Lipinski definition) is 2. The van der Waals surface area contributed by atoms with Crippen LogP contribution in [0.15, 0.2) is 12.4 Å². The predicted molar refractivity (Wildman–Crippen MR) is 61.4 cm³/mol. The smallest absolute Gasteiger partial charge is 0.318 e. The molecule has 17 heavy (non-hydrogen) atoms. The van der Waals surface area contributed by atoms with E-state index in [1.54, 1.807) is 10.9 Å². The first kappa shape index (κ1) is 13.2. The molecule has 0 aliphatic rings. The first-order valence-electron chi connectivity index (χ1n) is 5.35. The summed E-state index contributed by atoms with van der Waals surface area (Å²) >= 11 is 0.